The Morgan fingerprint density at radius 3 is 2.56 bits per heavy atom. The predicted molar refractivity (Wildman–Crippen MR) is 83.3 cm³/mol. The van der Waals surface area contributed by atoms with Crippen molar-refractivity contribution in [3.05, 3.63) is 35.4 Å². The Balaban J connectivity index is 1.95. The van der Waals surface area contributed by atoms with Gasteiger partial charge in [-0.3, -0.25) is 0 Å². The highest BCUT2D eigenvalue weighted by Crippen LogP contribution is 2.37. The average Bonchev–Trinajstić information content (AvgIpc) is 2.36. The minimum absolute atomic E-state index is 0.729. The van der Waals surface area contributed by atoms with Crippen molar-refractivity contribution < 1.29 is 0 Å². The van der Waals surface area contributed by atoms with Crippen LogP contribution in [-0.2, 0) is 6.42 Å². The summed E-state index contributed by atoms with van der Waals surface area (Å²) in [6.07, 6.45) is 8.21. The molecule has 0 saturated heterocycles. The van der Waals surface area contributed by atoms with Gasteiger partial charge in [-0.1, -0.05) is 65.5 Å². The fourth-order valence-electron chi connectivity index (χ4n) is 3.23. The summed E-state index contributed by atoms with van der Waals surface area (Å²) in [5.74, 6) is 1.80. The van der Waals surface area contributed by atoms with Crippen molar-refractivity contribution in [1.29, 1.82) is 0 Å². The third-order valence-electron chi connectivity index (χ3n) is 4.31. The molecule has 1 aliphatic carbocycles. The summed E-state index contributed by atoms with van der Waals surface area (Å²) in [5.41, 5.74) is 2.87. The van der Waals surface area contributed by atoms with Gasteiger partial charge in [0.05, 0.1) is 0 Å². The van der Waals surface area contributed by atoms with Crippen molar-refractivity contribution in [2.75, 3.05) is 0 Å². The van der Waals surface area contributed by atoms with Gasteiger partial charge < -0.3 is 0 Å². The fourth-order valence-corrected chi connectivity index (χ4v) is 3.90. The van der Waals surface area contributed by atoms with E-state index in [-0.39, 0.29) is 0 Å². The molecule has 0 heterocycles. The van der Waals surface area contributed by atoms with Crippen LogP contribution in [0.25, 0.3) is 0 Å². The first-order valence-corrected chi connectivity index (χ1v) is 8.30. The van der Waals surface area contributed by atoms with Crippen LogP contribution in [0.3, 0.4) is 0 Å². The van der Waals surface area contributed by atoms with Crippen molar-refractivity contribution in [3.8, 4) is 0 Å². The van der Waals surface area contributed by atoms with Crippen molar-refractivity contribution >= 4 is 15.9 Å². The van der Waals surface area contributed by atoms with Gasteiger partial charge in [-0.25, -0.2) is 0 Å². The largest absolute Gasteiger partial charge is 0.0888 e. The summed E-state index contributed by atoms with van der Waals surface area (Å²) >= 11 is 3.91. The van der Waals surface area contributed by atoms with Gasteiger partial charge in [-0.05, 0) is 50.0 Å². The van der Waals surface area contributed by atoms with E-state index in [4.69, 9.17) is 0 Å². The molecule has 0 spiro atoms. The molecule has 3 atom stereocenters. The summed E-state index contributed by atoms with van der Waals surface area (Å²) < 4.78 is 0. The van der Waals surface area contributed by atoms with Crippen LogP contribution < -0.4 is 0 Å². The Morgan fingerprint density at radius 1 is 1.17 bits per heavy atom. The number of rotatable bonds is 4. The van der Waals surface area contributed by atoms with E-state index in [9.17, 15) is 0 Å². The molecule has 2 rings (SSSR count). The van der Waals surface area contributed by atoms with Gasteiger partial charge in [0.25, 0.3) is 0 Å². The summed E-state index contributed by atoms with van der Waals surface area (Å²) in [5, 5.41) is 0. The lowest BCUT2D eigenvalue weighted by molar-refractivity contribution is 0.263. The van der Waals surface area contributed by atoms with Crippen LogP contribution in [-0.4, -0.2) is 4.83 Å². The molecule has 18 heavy (non-hydrogen) atoms. The molecule has 0 aliphatic heterocycles. The average molecular weight is 309 g/mol. The molecule has 1 aromatic carbocycles. The van der Waals surface area contributed by atoms with Crippen LogP contribution >= 0.6 is 15.9 Å². The van der Waals surface area contributed by atoms with Crippen LogP contribution in [0.5, 0.6) is 0 Å². The second-order valence-electron chi connectivity index (χ2n) is 5.93. The van der Waals surface area contributed by atoms with E-state index >= 15 is 0 Å². The number of hydrogen-bond acceptors (Lipinski definition) is 0. The van der Waals surface area contributed by atoms with Gasteiger partial charge in [-0.15, -0.1) is 0 Å². The molecular formula is C17H25Br. The maximum atomic E-state index is 3.91. The van der Waals surface area contributed by atoms with E-state index in [1.165, 1.54) is 49.7 Å². The smallest absolute Gasteiger partial charge is 0.0177 e. The van der Waals surface area contributed by atoms with Crippen LogP contribution in [0.15, 0.2) is 24.3 Å². The molecule has 3 unspecified atom stereocenters. The summed E-state index contributed by atoms with van der Waals surface area (Å²) in [4.78, 5) is 0.729. The van der Waals surface area contributed by atoms with Gasteiger partial charge in [0.2, 0.25) is 0 Å². The topological polar surface area (TPSA) is 0 Å². The SMILES string of the molecule is CCCC1CCC(Br)C(Cc2ccc(C)cc2)C1. The summed E-state index contributed by atoms with van der Waals surface area (Å²) in [7, 11) is 0. The molecule has 0 N–H and O–H groups in total. The molecule has 0 nitrogen and oxygen atoms in total. The number of aryl methyl sites for hydroxylation is 1. The zero-order chi connectivity index (χ0) is 13.0. The normalized spacial score (nSPS) is 28.3. The Labute approximate surface area is 120 Å². The molecule has 0 radical (unpaired) electrons. The van der Waals surface area contributed by atoms with E-state index < -0.39 is 0 Å². The quantitative estimate of drug-likeness (QED) is 0.643. The highest BCUT2D eigenvalue weighted by molar-refractivity contribution is 9.09. The first kappa shape index (κ1) is 14.1. The molecule has 0 amide bonds. The third kappa shape index (κ3) is 3.85. The highest BCUT2D eigenvalue weighted by atomic mass is 79.9. The molecule has 1 aliphatic rings. The predicted octanol–water partition coefficient (Wildman–Crippen LogP) is 5.52. The Bertz CT molecular complexity index is 354. The van der Waals surface area contributed by atoms with Crippen molar-refractivity contribution in [3.63, 3.8) is 0 Å². The van der Waals surface area contributed by atoms with E-state index in [2.05, 4.69) is 54.0 Å². The van der Waals surface area contributed by atoms with Gasteiger partial charge in [0, 0.05) is 4.83 Å². The molecule has 0 aromatic heterocycles. The van der Waals surface area contributed by atoms with Crippen LogP contribution in [0, 0.1) is 18.8 Å². The van der Waals surface area contributed by atoms with E-state index in [0.29, 0.717) is 0 Å². The van der Waals surface area contributed by atoms with E-state index in [1.54, 1.807) is 0 Å². The van der Waals surface area contributed by atoms with Crippen LogP contribution in [0.2, 0.25) is 0 Å². The molecule has 1 saturated carbocycles. The fraction of sp³-hybridized carbons (Fsp3) is 0.647. The second kappa shape index (κ2) is 6.75. The molecule has 0 bridgehead atoms. The van der Waals surface area contributed by atoms with Crippen molar-refractivity contribution in [2.45, 2.75) is 57.2 Å². The summed E-state index contributed by atoms with van der Waals surface area (Å²) in [6.45, 7) is 4.48. The Morgan fingerprint density at radius 2 is 1.89 bits per heavy atom. The zero-order valence-corrected chi connectivity index (χ0v) is 13.2. The lowest BCUT2D eigenvalue weighted by Gasteiger charge is -2.33. The second-order valence-corrected chi connectivity index (χ2v) is 7.11. The first-order valence-electron chi connectivity index (χ1n) is 7.38. The standard InChI is InChI=1S/C17H25Br/c1-3-4-14-9-10-17(18)16(11-14)12-15-7-5-13(2)6-8-15/h5-8,14,16-17H,3-4,9-12H2,1-2H3. The van der Waals surface area contributed by atoms with Crippen molar-refractivity contribution in [2.24, 2.45) is 11.8 Å². The lowest BCUT2D eigenvalue weighted by atomic mass is 9.77. The highest BCUT2D eigenvalue weighted by Gasteiger charge is 2.28. The maximum Gasteiger partial charge on any atom is 0.0177 e. The molecule has 1 aromatic rings. The van der Waals surface area contributed by atoms with Gasteiger partial charge >= 0.3 is 0 Å². The van der Waals surface area contributed by atoms with Crippen LogP contribution in [0.1, 0.15) is 50.2 Å². The third-order valence-corrected chi connectivity index (χ3v) is 5.52. The Kier molecular flexibility index (Phi) is 5.29. The zero-order valence-electron chi connectivity index (χ0n) is 11.7. The van der Waals surface area contributed by atoms with E-state index in [1.807, 2.05) is 0 Å². The maximum absolute atomic E-state index is 3.91. The van der Waals surface area contributed by atoms with Gasteiger partial charge in [0.15, 0.2) is 0 Å². The number of benzene rings is 1. The number of alkyl halides is 1. The van der Waals surface area contributed by atoms with Gasteiger partial charge in [-0.2, -0.15) is 0 Å². The summed E-state index contributed by atoms with van der Waals surface area (Å²) in [6, 6.07) is 9.09. The minimum atomic E-state index is 0.729. The number of halogens is 1. The molecule has 1 heteroatoms. The number of hydrogen-bond donors (Lipinski definition) is 0. The minimum Gasteiger partial charge on any atom is -0.0888 e. The van der Waals surface area contributed by atoms with Crippen molar-refractivity contribution in [1.82, 2.24) is 0 Å². The molecule has 100 valence electrons. The Hall–Kier alpha value is -0.300. The lowest BCUT2D eigenvalue weighted by Crippen LogP contribution is -2.26. The van der Waals surface area contributed by atoms with E-state index in [0.717, 1.165) is 16.7 Å². The van der Waals surface area contributed by atoms with Gasteiger partial charge in [0.1, 0.15) is 0 Å². The molecule has 1 fully saturated rings. The first-order chi connectivity index (χ1) is 8.69. The monoisotopic (exact) mass is 308 g/mol. The molecular weight excluding hydrogens is 284 g/mol. The van der Waals surface area contributed by atoms with Crippen LogP contribution in [0.4, 0.5) is 0 Å².